The van der Waals surface area contributed by atoms with Gasteiger partial charge in [-0.3, -0.25) is 19.7 Å². The highest BCUT2D eigenvalue weighted by Gasteiger charge is 2.26. The second kappa shape index (κ2) is 7.22. The first kappa shape index (κ1) is 15.6. The van der Waals surface area contributed by atoms with Crippen molar-refractivity contribution in [3.8, 4) is 5.75 Å². The standard InChI is InChI=1S/C13H16N2O5/c1-9(16)12(15(18)19)7-8-13(17)14-10-3-5-11(20-2)6-4-10/h3-6,12H,7-8H2,1-2H3,(H,14,17)/t12-/m0/s1. The quantitative estimate of drug-likeness (QED) is 0.604. The van der Waals surface area contributed by atoms with Crippen LogP contribution >= 0.6 is 0 Å². The Hall–Kier alpha value is -2.44. The zero-order chi connectivity index (χ0) is 15.1. The molecule has 0 heterocycles. The second-order valence-corrected chi connectivity index (χ2v) is 4.23. The fraction of sp³-hybridized carbons (Fsp3) is 0.385. The van der Waals surface area contributed by atoms with Crippen LogP contribution in [0.25, 0.3) is 0 Å². The molecule has 7 heteroatoms. The number of anilines is 1. The number of Topliss-reactive ketones (excluding diaryl/α,β-unsaturated/α-hetero) is 1. The summed E-state index contributed by atoms with van der Waals surface area (Å²) in [5.41, 5.74) is 0.566. The van der Waals surface area contributed by atoms with Crippen molar-refractivity contribution in [1.29, 1.82) is 0 Å². The molecule has 1 N–H and O–H groups in total. The molecule has 1 aromatic rings. The van der Waals surface area contributed by atoms with Crippen molar-refractivity contribution >= 4 is 17.4 Å². The van der Waals surface area contributed by atoms with Gasteiger partial charge in [-0.25, -0.2) is 0 Å². The normalized spacial score (nSPS) is 11.5. The maximum absolute atomic E-state index is 11.6. The first-order valence-electron chi connectivity index (χ1n) is 6.02. The van der Waals surface area contributed by atoms with E-state index in [0.29, 0.717) is 11.4 Å². The summed E-state index contributed by atoms with van der Waals surface area (Å²) in [6.07, 6.45) is -0.193. The highest BCUT2D eigenvalue weighted by Crippen LogP contribution is 2.15. The third-order valence-corrected chi connectivity index (χ3v) is 2.74. The predicted octanol–water partition coefficient (Wildman–Crippen LogP) is 1.65. The van der Waals surface area contributed by atoms with Crippen molar-refractivity contribution in [2.45, 2.75) is 25.8 Å². The van der Waals surface area contributed by atoms with Crippen LogP contribution in [0.1, 0.15) is 19.8 Å². The van der Waals surface area contributed by atoms with Crippen LogP contribution < -0.4 is 10.1 Å². The summed E-state index contributed by atoms with van der Waals surface area (Å²) < 4.78 is 4.98. The van der Waals surface area contributed by atoms with Crippen LogP contribution in [0, 0.1) is 10.1 Å². The van der Waals surface area contributed by atoms with Crippen molar-refractivity contribution in [2.24, 2.45) is 0 Å². The monoisotopic (exact) mass is 280 g/mol. The van der Waals surface area contributed by atoms with Crippen molar-refractivity contribution in [2.75, 3.05) is 12.4 Å². The number of hydrogen-bond acceptors (Lipinski definition) is 5. The average molecular weight is 280 g/mol. The zero-order valence-corrected chi connectivity index (χ0v) is 11.3. The second-order valence-electron chi connectivity index (χ2n) is 4.23. The highest BCUT2D eigenvalue weighted by molar-refractivity contribution is 5.91. The number of nitrogens with zero attached hydrogens (tertiary/aromatic N) is 1. The number of rotatable bonds is 7. The summed E-state index contributed by atoms with van der Waals surface area (Å²) in [4.78, 5) is 32.6. The lowest BCUT2D eigenvalue weighted by Crippen LogP contribution is -2.28. The number of benzene rings is 1. The summed E-state index contributed by atoms with van der Waals surface area (Å²) >= 11 is 0. The third kappa shape index (κ3) is 4.68. The van der Waals surface area contributed by atoms with Gasteiger partial charge < -0.3 is 10.1 Å². The molecule has 0 aliphatic carbocycles. The lowest BCUT2D eigenvalue weighted by atomic mass is 10.1. The zero-order valence-electron chi connectivity index (χ0n) is 11.3. The topological polar surface area (TPSA) is 98.5 Å². The fourth-order valence-corrected chi connectivity index (χ4v) is 1.62. The summed E-state index contributed by atoms with van der Waals surface area (Å²) in [5, 5.41) is 13.2. The van der Waals surface area contributed by atoms with E-state index < -0.39 is 16.7 Å². The van der Waals surface area contributed by atoms with Gasteiger partial charge in [-0.15, -0.1) is 0 Å². The molecule has 0 radical (unpaired) electrons. The number of nitro groups is 1. The molecule has 0 spiro atoms. The summed E-state index contributed by atoms with van der Waals surface area (Å²) in [6, 6.07) is 5.37. The Labute approximate surface area is 116 Å². The number of amides is 1. The van der Waals surface area contributed by atoms with Gasteiger partial charge >= 0.3 is 0 Å². The van der Waals surface area contributed by atoms with Crippen LogP contribution in [0.5, 0.6) is 5.75 Å². The van der Waals surface area contributed by atoms with E-state index in [1.807, 2.05) is 0 Å². The lowest BCUT2D eigenvalue weighted by molar-refractivity contribution is -0.507. The predicted molar refractivity (Wildman–Crippen MR) is 72.3 cm³/mol. The molecule has 1 rings (SSSR count). The Kier molecular flexibility index (Phi) is 5.64. The molecule has 0 aliphatic rings. The Morgan fingerprint density at radius 2 is 1.95 bits per heavy atom. The van der Waals surface area contributed by atoms with Crippen molar-refractivity contribution in [3.05, 3.63) is 34.4 Å². The number of carbonyl (C=O) groups is 2. The Morgan fingerprint density at radius 1 is 1.35 bits per heavy atom. The maximum atomic E-state index is 11.6. The number of carbonyl (C=O) groups excluding carboxylic acids is 2. The highest BCUT2D eigenvalue weighted by atomic mass is 16.6. The number of ether oxygens (including phenoxy) is 1. The minimum atomic E-state index is -1.32. The molecule has 0 saturated carbocycles. The van der Waals surface area contributed by atoms with Gasteiger partial charge in [0, 0.05) is 30.4 Å². The van der Waals surface area contributed by atoms with E-state index in [-0.39, 0.29) is 18.7 Å². The largest absolute Gasteiger partial charge is 0.497 e. The van der Waals surface area contributed by atoms with E-state index >= 15 is 0 Å². The molecule has 108 valence electrons. The number of nitrogens with one attached hydrogen (secondary N) is 1. The Bertz CT molecular complexity index is 484. The summed E-state index contributed by atoms with van der Waals surface area (Å²) in [6.45, 7) is 1.15. The summed E-state index contributed by atoms with van der Waals surface area (Å²) in [5.74, 6) is -0.261. The van der Waals surface area contributed by atoms with Crippen molar-refractivity contribution in [1.82, 2.24) is 0 Å². The van der Waals surface area contributed by atoms with E-state index in [1.54, 1.807) is 24.3 Å². The minimum Gasteiger partial charge on any atom is -0.497 e. The van der Waals surface area contributed by atoms with E-state index in [0.717, 1.165) is 6.92 Å². The van der Waals surface area contributed by atoms with E-state index in [4.69, 9.17) is 4.74 Å². The molecule has 0 fully saturated rings. The van der Waals surface area contributed by atoms with Crippen LogP contribution in [0.15, 0.2) is 24.3 Å². The number of hydrogen-bond donors (Lipinski definition) is 1. The molecule has 20 heavy (non-hydrogen) atoms. The smallest absolute Gasteiger partial charge is 0.270 e. The van der Waals surface area contributed by atoms with E-state index in [1.165, 1.54) is 7.11 Å². The van der Waals surface area contributed by atoms with Gasteiger partial charge in [0.1, 0.15) is 5.75 Å². The molecule has 0 saturated heterocycles. The van der Waals surface area contributed by atoms with Crippen LogP contribution in [-0.2, 0) is 9.59 Å². The molecule has 1 aromatic carbocycles. The van der Waals surface area contributed by atoms with E-state index in [2.05, 4.69) is 5.32 Å². The molecule has 0 aliphatic heterocycles. The van der Waals surface area contributed by atoms with Gasteiger partial charge in [0.15, 0.2) is 0 Å². The van der Waals surface area contributed by atoms with Crippen molar-refractivity contribution in [3.63, 3.8) is 0 Å². The molecular weight excluding hydrogens is 264 g/mol. The van der Waals surface area contributed by atoms with Crippen LogP contribution in [0.4, 0.5) is 5.69 Å². The van der Waals surface area contributed by atoms with Gasteiger partial charge in [-0.05, 0) is 24.3 Å². The van der Waals surface area contributed by atoms with Crippen molar-refractivity contribution < 1.29 is 19.2 Å². The molecule has 0 unspecified atom stereocenters. The van der Waals surface area contributed by atoms with Gasteiger partial charge in [-0.2, -0.15) is 0 Å². The number of methoxy groups -OCH3 is 1. The van der Waals surface area contributed by atoms with Gasteiger partial charge in [0.2, 0.25) is 11.7 Å². The molecule has 1 atom stereocenters. The summed E-state index contributed by atoms with van der Waals surface area (Å²) in [7, 11) is 1.53. The van der Waals surface area contributed by atoms with Crippen LogP contribution in [0.3, 0.4) is 0 Å². The Balaban J connectivity index is 2.50. The molecule has 7 nitrogen and oxygen atoms in total. The molecule has 0 bridgehead atoms. The van der Waals surface area contributed by atoms with Gasteiger partial charge in [0.25, 0.3) is 6.04 Å². The average Bonchev–Trinajstić information content (AvgIpc) is 2.39. The minimum absolute atomic E-state index is 0.0861. The molecule has 0 aromatic heterocycles. The maximum Gasteiger partial charge on any atom is 0.270 e. The van der Waals surface area contributed by atoms with E-state index in [9.17, 15) is 19.7 Å². The fourth-order valence-electron chi connectivity index (χ4n) is 1.62. The van der Waals surface area contributed by atoms with Gasteiger partial charge in [0.05, 0.1) is 7.11 Å². The lowest BCUT2D eigenvalue weighted by Gasteiger charge is -2.07. The van der Waals surface area contributed by atoms with Crippen LogP contribution in [0.2, 0.25) is 0 Å². The number of ketones is 1. The SMILES string of the molecule is COc1ccc(NC(=O)CC[C@@H](C(C)=O)[N+](=O)[O-])cc1. The molecular formula is C13H16N2O5. The van der Waals surface area contributed by atoms with Crippen LogP contribution in [-0.4, -0.2) is 29.8 Å². The third-order valence-electron chi connectivity index (χ3n) is 2.74. The molecule has 1 amide bonds. The van der Waals surface area contributed by atoms with Gasteiger partial charge in [-0.1, -0.05) is 0 Å². The first-order valence-corrected chi connectivity index (χ1v) is 6.02. The first-order chi connectivity index (χ1) is 9.43. The Morgan fingerprint density at radius 3 is 2.40 bits per heavy atom.